The van der Waals surface area contributed by atoms with Crippen LogP contribution < -0.4 is 0 Å². The number of hydrogen-bond donors (Lipinski definition) is 1. The van der Waals surface area contributed by atoms with Crippen LogP contribution in [0.2, 0.25) is 0 Å². The molecule has 1 N–H and O–H groups in total. The molecule has 0 atom stereocenters. The Hall–Kier alpha value is -2.80. The molecule has 6 nitrogen and oxygen atoms in total. The number of pyridine rings is 1. The van der Waals surface area contributed by atoms with Gasteiger partial charge in [0.25, 0.3) is 0 Å². The second-order valence-corrected chi connectivity index (χ2v) is 6.27. The molecular formula is C16H8BrN5O. The third-order valence-corrected chi connectivity index (χ3v) is 4.72. The Balaban J connectivity index is 2.23. The lowest BCUT2D eigenvalue weighted by atomic mass is 10.0. The van der Waals surface area contributed by atoms with E-state index in [0.29, 0.717) is 11.3 Å². The molecule has 0 bridgehead atoms. The zero-order valence-corrected chi connectivity index (χ0v) is 13.2. The van der Waals surface area contributed by atoms with Gasteiger partial charge in [0.05, 0.1) is 11.1 Å². The molecule has 7 heteroatoms. The topological polar surface area (TPSA) is 75.4 Å². The first-order chi connectivity index (χ1) is 11.3. The number of nitrogens with zero attached hydrogens (tertiary/aromatic N) is 4. The standard InChI is InChI=1S/C16H8BrN5O/c17-8-5-6-12-11(7-8)13-9-3-1-2-4-10(9)15(19-23)14(13)16-18-20-21-22(12)16/h1-7H,(H,18,21). The Morgan fingerprint density at radius 2 is 1.87 bits per heavy atom. The first-order valence-electron chi connectivity index (χ1n) is 6.98. The van der Waals surface area contributed by atoms with Crippen molar-refractivity contribution in [1.29, 1.82) is 0 Å². The van der Waals surface area contributed by atoms with Crippen LogP contribution in [0.3, 0.4) is 0 Å². The van der Waals surface area contributed by atoms with Crippen LogP contribution in [0, 0.1) is 4.91 Å². The summed E-state index contributed by atoms with van der Waals surface area (Å²) in [7, 11) is 0. The van der Waals surface area contributed by atoms with Crippen LogP contribution in [-0.2, 0) is 0 Å². The third kappa shape index (κ3) is 1.52. The van der Waals surface area contributed by atoms with Gasteiger partial charge in [-0.25, -0.2) is 4.52 Å². The van der Waals surface area contributed by atoms with E-state index in [1.165, 1.54) is 0 Å². The fourth-order valence-electron chi connectivity index (χ4n) is 3.33. The fourth-order valence-corrected chi connectivity index (χ4v) is 3.69. The molecule has 0 spiro atoms. The highest BCUT2D eigenvalue weighted by Gasteiger charge is 2.26. The highest BCUT2D eigenvalue weighted by molar-refractivity contribution is 9.10. The van der Waals surface area contributed by atoms with Crippen LogP contribution >= 0.6 is 15.9 Å². The average molecular weight is 366 g/mol. The number of aromatic nitrogens is 4. The molecule has 0 saturated carbocycles. The Bertz CT molecular complexity index is 1210. The molecule has 2 heterocycles. The van der Waals surface area contributed by atoms with E-state index in [9.17, 15) is 4.91 Å². The van der Waals surface area contributed by atoms with Crippen molar-refractivity contribution in [2.45, 2.75) is 0 Å². The van der Waals surface area contributed by atoms with Crippen LogP contribution in [0.1, 0.15) is 0 Å². The minimum atomic E-state index is 0.406. The summed E-state index contributed by atoms with van der Waals surface area (Å²) in [5, 5.41) is 17.1. The Labute approximate surface area is 137 Å². The lowest BCUT2D eigenvalue weighted by molar-refractivity contribution is 0.842. The normalized spacial score (nSPS) is 11.9. The van der Waals surface area contributed by atoms with Gasteiger partial charge in [-0.15, -0.1) is 10.0 Å². The number of fused-ring (bicyclic) bond motifs is 8. The van der Waals surface area contributed by atoms with Crippen LogP contribution in [0.25, 0.3) is 38.4 Å². The van der Waals surface area contributed by atoms with Crippen molar-refractivity contribution in [3.8, 4) is 11.1 Å². The molecule has 23 heavy (non-hydrogen) atoms. The van der Waals surface area contributed by atoms with E-state index in [1.807, 2.05) is 42.5 Å². The van der Waals surface area contributed by atoms with Gasteiger partial charge in [-0.1, -0.05) is 45.4 Å². The summed E-state index contributed by atoms with van der Waals surface area (Å²) >= 11 is 3.53. The zero-order valence-electron chi connectivity index (χ0n) is 11.6. The molecule has 0 amide bonds. The second-order valence-electron chi connectivity index (χ2n) is 5.36. The maximum absolute atomic E-state index is 11.5. The predicted octanol–water partition coefficient (Wildman–Crippen LogP) is 4.63. The Morgan fingerprint density at radius 3 is 2.70 bits per heavy atom. The number of H-pyrrole nitrogens is 1. The first-order valence-corrected chi connectivity index (χ1v) is 7.77. The van der Waals surface area contributed by atoms with E-state index in [0.717, 1.165) is 37.3 Å². The first kappa shape index (κ1) is 12.7. The average Bonchev–Trinajstić information content (AvgIpc) is 3.17. The van der Waals surface area contributed by atoms with Gasteiger partial charge in [0.2, 0.25) is 0 Å². The van der Waals surface area contributed by atoms with E-state index in [4.69, 9.17) is 0 Å². The molecule has 1 aliphatic carbocycles. The van der Waals surface area contributed by atoms with Crippen LogP contribution in [0.4, 0.5) is 5.69 Å². The summed E-state index contributed by atoms with van der Waals surface area (Å²) in [4.78, 5) is 11.5. The Kier molecular flexibility index (Phi) is 2.41. The summed E-state index contributed by atoms with van der Waals surface area (Å²) in [5.41, 5.74) is 3.64. The van der Waals surface area contributed by atoms with Crippen molar-refractivity contribution in [3.63, 3.8) is 0 Å². The molecule has 1 aromatic heterocycles. The predicted molar refractivity (Wildman–Crippen MR) is 92.1 cm³/mol. The van der Waals surface area contributed by atoms with Crippen LogP contribution in [0.5, 0.6) is 0 Å². The summed E-state index contributed by atoms with van der Waals surface area (Å²) < 4.78 is 2.74. The van der Waals surface area contributed by atoms with Gasteiger partial charge < -0.3 is 0 Å². The number of halogens is 1. The molecule has 2 aromatic carbocycles. The number of nitrogens with one attached hydrogen (secondary N) is 1. The molecule has 1 aliphatic heterocycles. The van der Waals surface area contributed by atoms with E-state index in [1.54, 1.807) is 4.52 Å². The van der Waals surface area contributed by atoms with E-state index in [-0.39, 0.29) is 0 Å². The molecule has 2 aliphatic rings. The van der Waals surface area contributed by atoms with Gasteiger partial charge in [0.15, 0.2) is 5.65 Å². The number of rotatable bonds is 1. The number of hydrogen-bond acceptors (Lipinski definition) is 4. The summed E-state index contributed by atoms with van der Waals surface area (Å²) in [6, 6.07) is 13.8. The van der Waals surface area contributed by atoms with Crippen molar-refractivity contribution in [1.82, 2.24) is 20.0 Å². The van der Waals surface area contributed by atoms with Crippen molar-refractivity contribution in [2.75, 3.05) is 0 Å². The van der Waals surface area contributed by atoms with Gasteiger partial charge >= 0.3 is 0 Å². The molecule has 3 aromatic rings. The quantitative estimate of drug-likeness (QED) is 0.440. The largest absolute Gasteiger partial charge is 0.218 e. The highest BCUT2D eigenvalue weighted by Crippen LogP contribution is 2.49. The molecule has 5 rings (SSSR count). The smallest absolute Gasteiger partial charge is 0.187 e. The molecule has 0 radical (unpaired) electrons. The van der Waals surface area contributed by atoms with Crippen LogP contribution in [-0.4, -0.2) is 20.0 Å². The van der Waals surface area contributed by atoms with E-state index < -0.39 is 0 Å². The van der Waals surface area contributed by atoms with Crippen molar-refractivity contribution < 1.29 is 0 Å². The fraction of sp³-hybridized carbons (Fsp3) is 0. The van der Waals surface area contributed by atoms with E-state index >= 15 is 0 Å². The Morgan fingerprint density at radius 1 is 1.04 bits per heavy atom. The van der Waals surface area contributed by atoms with Crippen molar-refractivity contribution >= 4 is 48.9 Å². The number of benzene rings is 2. The SMILES string of the molecule is O=Nc1c2c3nn[nH]n3c3ccc(Br)cc3c-2c2ccccc12. The molecule has 0 unspecified atom stereocenters. The monoisotopic (exact) mass is 365 g/mol. The van der Waals surface area contributed by atoms with Gasteiger partial charge in [0, 0.05) is 20.8 Å². The number of tetrazole rings is 1. The van der Waals surface area contributed by atoms with Gasteiger partial charge in [-0.05, 0) is 28.8 Å². The van der Waals surface area contributed by atoms with Gasteiger partial charge in [-0.2, -0.15) is 5.21 Å². The summed E-state index contributed by atoms with van der Waals surface area (Å²) in [6.45, 7) is 0. The molecule has 0 fully saturated rings. The molecule has 0 saturated heterocycles. The highest BCUT2D eigenvalue weighted by atomic mass is 79.9. The van der Waals surface area contributed by atoms with Crippen LogP contribution in [0.15, 0.2) is 52.1 Å². The third-order valence-electron chi connectivity index (χ3n) is 4.22. The maximum Gasteiger partial charge on any atom is 0.187 e. The van der Waals surface area contributed by atoms with Gasteiger partial charge in [0.1, 0.15) is 5.69 Å². The summed E-state index contributed by atoms with van der Waals surface area (Å²) in [5.74, 6) is 0. The van der Waals surface area contributed by atoms with Gasteiger partial charge in [-0.3, -0.25) is 0 Å². The lowest BCUT2D eigenvalue weighted by Crippen LogP contribution is -1.95. The second kappa shape index (κ2) is 4.36. The number of aromatic amines is 1. The van der Waals surface area contributed by atoms with Crippen molar-refractivity contribution in [3.05, 3.63) is 51.8 Å². The van der Waals surface area contributed by atoms with Crippen molar-refractivity contribution in [2.24, 2.45) is 5.18 Å². The summed E-state index contributed by atoms with van der Waals surface area (Å²) in [6.07, 6.45) is 0. The molecular weight excluding hydrogens is 358 g/mol. The minimum absolute atomic E-state index is 0.406. The zero-order chi connectivity index (χ0) is 15.6. The minimum Gasteiger partial charge on any atom is -0.218 e. The number of nitroso groups, excluding NO2 is 1. The maximum atomic E-state index is 11.5. The lowest BCUT2D eigenvalue weighted by Gasteiger charge is -2.09. The van der Waals surface area contributed by atoms with E-state index in [2.05, 4.69) is 36.6 Å². The molecule has 110 valence electrons.